The van der Waals surface area contributed by atoms with Crippen LogP contribution in [0.2, 0.25) is 0 Å². The number of benzene rings is 2. The zero-order valence-electron chi connectivity index (χ0n) is 16.9. The van der Waals surface area contributed by atoms with Crippen molar-refractivity contribution in [1.82, 2.24) is 10.6 Å². The summed E-state index contributed by atoms with van der Waals surface area (Å²) in [6.45, 7) is 6.27. The third-order valence-electron chi connectivity index (χ3n) is 4.36. The number of amides is 2. The zero-order chi connectivity index (χ0) is 21.4. The molecule has 0 fully saturated rings. The third kappa shape index (κ3) is 6.32. The van der Waals surface area contributed by atoms with Crippen LogP contribution in [0.4, 0.5) is 5.69 Å². The molecule has 0 unspecified atom stereocenters. The van der Waals surface area contributed by atoms with E-state index in [2.05, 4.69) is 15.4 Å². The number of hydrogen-bond donors (Lipinski definition) is 3. The number of para-hydroxylation sites is 1. The molecule has 0 spiro atoms. The van der Waals surface area contributed by atoms with Gasteiger partial charge in [-0.15, -0.1) is 0 Å². The highest BCUT2D eigenvalue weighted by molar-refractivity contribution is 7.92. The zero-order valence-corrected chi connectivity index (χ0v) is 17.7. The molecule has 8 heteroatoms. The van der Waals surface area contributed by atoms with Gasteiger partial charge in [-0.1, -0.05) is 31.2 Å². The van der Waals surface area contributed by atoms with Crippen molar-refractivity contribution in [2.24, 2.45) is 0 Å². The van der Waals surface area contributed by atoms with Gasteiger partial charge in [-0.2, -0.15) is 0 Å². The first-order chi connectivity index (χ1) is 13.7. The first kappa shape index (κ1) is 22.4. The molecule has 7 nitrogen and oxygen atoms in total. The fourth-order valence-corrected chi connectivity index (χ4v) is 3.80. The number of hydrogen-bond acceptors (Lipinski definition) is 4. The van der Waals surface area contributed by atoms with Crippen LogP contribution in [-0.2, 0) is 14.8 Å². The van der Waals surface area contributed by atoms with Crippen LogP contribution in [0.3, 0.4) is 0 Å². The van der Waals surface area contributed by atoms with Gasteiger partial charge in [0.2, 0.25) is 5.91 Å². The summed E-state index contributed by atoms with van der Waals surface area (Å²) in [6.07, 6.45) is 1.01. The summed E-state index contributed by atoms with van der Waals surface area (Å²) >= 11 is 0. The maximum atomic E-state index is 12.7. The van der Waals surface area contributed by atoms with Crippen LogP contribution < -0.4 is 15.4 Å². The lowest BCUT2D eigenvalue weighted by molar-refractivity contribution is -0.120. The summed E-state index contributed by atoms with van der Waals surface area (Å²) in [7, 11) is -3.85. The lowest BCUT2D eigenvalue weighted by Crippen LogP contribution is -2.31. The number of nitrogens with one attached hydrogen (secondary N) is 3. The second-order valence-electron chi connectivity index (χ2n) is 6.75. The molecule has 0 saturated carbocycles. The fraction of sp³-hybridized carbons (Fsp3) is 0.333. The van der Waals surface area contributed by atoms with Crippen molar-refractivity contribution in [1.29, 1.82) is 0 Å². The first-order valence-electron chi connectivity index (χ1n) is 9.48. The maximum Gasteiger partial charge on any atom is 0.261 e. The quantitative estimate of drug-likeness (QED) is 0.583. The van der Waals surface area contributed by atoms with Crippen LogP contribution in [0, 0.1) is 13.8 Å². The summed E-state index contributed by atoms with van der Waals surface area (Å²) in [5, 5.41) is 5.41. The Kier molecular flexibility index (Phi) is 7.78. The molecule has 2 amide bonds. The summed E-state index contributed by atoms with van der Waals surface area (Å²) in [4.78, 5) is 24.1. The summed E-state index contributed by atoms with van der Waals surface area (Å²) in [6, 6.07) is 11.5. The Morgan fingerprint density at radius 1 is 0.931 bits per heavy atom. The van der Waals surface area contributed by atoms with Crippen molar-refractivity contribution in [2.75, 3.05) is 17.8 Å². The lowest BCUT2D eigenvalue weighted by atomic mass is 10.1. The van der Waals surface area contributed by atoms with E-state index in [1.165, 1.54) is 12.1 Å². The van der Waals surface area contributed by atoms with E-state index in [0.29, 0.717) is 17.8 Å². The second kappa shape index (κ2) is 10.1. The number of aryl methyl sites for hydroxylation is 2. The van der Waals surface area contributed by atoms with Gasteiger partial charge in [0.15, 0.2) is 0 Å². The summed E-state index contributed by atoms with van der Waals surface area (Å²) < 4.78 is 28.0. The smallest absolute Gasteiger partial charge is 0.261 e. The molecule has 3 N–H and O–H groups in total. The van der Waals surface area contributed by atoms with Gasteiger partial charge in [0.1, 0.15) is 0 Å². The second-order valence-corrected chi connectivity index (χ2v) is 8.44. The molecule has 0 saturated heterocycles. The molecule has 0 atom stereocenters. The molecule has 0 radical (unpaired) electrons. The van der Waals surface area contributed by atoms with Gasteiger partial charge in [-0.05, 0) is 49.6 Å². The van der Waals surface area contributed by atoms with Crippen LogP contribution in [-0.4, -0.2) is 33.3 Å². The highest BCUT2D eigenvalue weighted by Crippen LogP contribution is 2.21. The number of sulfonamides is 1. The van der Waals surface area contributed by atoms with Gasteiger partial charge in [-0.25, -0.2) is 8.42 Å². The van der Waals surface area contributed by atoms with Crippen molar-refractivity contribution in [2.45, 2.75) is 38.5 Å². The first-order valence-corrected chi connectivity index (χ1v) is 11.0. The molecule has 0 aromatic heterocycles. The van der Waals surface area contributed by atoms with Crippen molar-refractivity contribution in [3.05, 3.63) is 59.2 Å². The molecule has 0 aliphatic heterocycles. The maximum absolute atomic E-state index is 12.7. The minimum absolute atomic E-state index is 0.00260. The Bertz CT molecular complexity index is 987. The molecule has 2 aromatic rings. The van der Waals surface area contributed by atoms with Crippen molar-refractivity contribution in [3.63, 3.8) is 0 Å². The monoisotopic (exact) mass is 417 g/mol. The number of carbonyl (C=O) groups excluding carboxylic acids is 2. The van der Waals surface area contributed by atoms with Gasteiger partial charge in [0, 0.05) is 25.1 Å². The van der Waals surface area contributed by atoms with E-state index in [9.17, 15) is 18.0 Å². The molecule has 0 bridgehead atoms. The molecule has 2 aromatic carbocycles. The Labute approximate surface area is 172 Å². The predicted molar refractivity (Wildman–Crippen MR) is 113 cm³/mol. The normalized spacial score (nSPS) is 11.0. The molecular weight excluding hydrogens is 390 g/mol. The molecule has 0 aliphatic carbocycles. The third-order valence-corrected chi connectivity index (χ3v) is 5.73. The average Bonchev–Trinajstić information content (AvgIpc) is 2.68. The summed E-state index contributed by atoms with van der Waals surface area (Å²) in [5.74, 6) is -0.554. The Balaban J connectivity index is 2.11. The largest absolute Gasteiger partial charge is 0.356 e. The Hall–Kier alpha value is -2.87. The minimum Gasteiger partial charge on any atom is -0.356 e. The van der Waals surface area contributed by atoms with Crippen LogP contribution in [0.25, 0.3) is 0 Å². The fourth-order valence-electron chi connectivity index (χ4n) is 2.64. The molecule has 29 heavy (non-hydrogen) atoms. The van der Waals surface area contributed by atoms with E-state index in [4.69, 9.17) is 0 Å². The molecule has 156 valence electrons. The molecule has 0 aliphatic rings. The van der Waals surface area contributed by atoms with Gasteiger partial charge in [0.25, 0.3) is 15.9 Å². The highest BCUT2D eigenvalue weighted by atomic mass is 32.2. The van der Waals surface area contributed by atoms with E-state index in [1.807, 2.05) is 26.0 Å². The van der Waals surface area contributed by atoms with Crippen molar-refractivity contribution in [3.8, 4) is 0 Å². The van der Waals surface area contributed by atoms with Gasteiger partial charge < -0.3 is 10.6 Å². The summed E-state index contributed by atoms with van der Waals surface area (Å²) in [5.41, 5.74) is 2.18. The Morgan fingerprint density at radius 3 is 2.34 bits per heavy atom. The number of carbonyl (C=O) groups is 2. The van der Waals surface area contributed by atoms with E-state index in [1.54, 1.807) is 25.1 Å². The van der Waals surface area contributed by atoms with E-state index in [0.717, 1.165) is 12.0 Å². The standard InChI is InChI=1S/C21H27N3O4S/c1-4-12-22-20(25)11-13-23-21(26)18-14-17(10-9-15(18)2)29(27,28)24-19-8-6-5-7-16(19)3/h5-10,14,24H,4,11-13H2,1-3H3,(H,22,25)(H,23,26). The van der Waals surface area contributed by atoms with Crippen molar-refractivity contribution >= 4 is 27.5 Å². The predicted octanol–water partition coefficient (Wildman–Crippen LogP) is 2.75. The molecule has 2 rings (SSSR count). The topological polar surface area (TPSA) is 104 Å². The highest BCUT2D eigenvalue weighted by Gasteiger charge is 2.19. The van der Waals surface area contributed by atoms with E-state index in [-0.39, 0.29) is 29.3 Å². The van der Waals surface area contributed by atoms with Gasteiger partial charge in [0.05, 0.1) is 10.6 Å². The average molecular weight is 418 g/mol. The van der Waals surface area contributed by atoms with Crippen LogP contribution in [0.5, 0.6) is 0 Å². The van der Waals surface area contributed by atoms with E-state index >= 15 is 0 Å². The minimum atomic E-state index is -3.85. The van der Waals surface area contributed by atoms with Crippen LogP contribution >= 0.6 is 0 Å². The number of rotatable bonds is 9. The number of anilines is 1. The Morgan fingerprint density at radius 2 is 1.66 bits per heavy atom. The molecular formula is C21H27N3O4S. The molecule has 0 heterocycles. The van der Waals surface area contributed by atoms with Crippen LogP contribution in [0.1, 0.15) is 41.3 Å². The van der Waals surface area contributed by atoms with Gasteiger partial charge >= 0.3 is 0 Å². The SMILES string of the molecule is CCCNC(=O)CCNC(=O)c1cc(S(=O)(=O)Nc2ccccc2C)ccc1C. The van der Waals surface area contributed by atoms with Crippen molar-refractivity contribution < 1.29 is 18.0 Å². The lowest BCUT2D eigenvalue weighted by Gasteiger charge is -2.13. The van der Waals surface area contributed by atoms with Crippen LogP contribution in [0.15, 0.2) is 47.4 Å². The van der Waals surface area contributed by atoms with Gasteiger partial charge in [-0.3, -0.25) is 14.3 Å². The van der Waals surface area contributed by atoms with E-state index < -0.39 is 15.9 Å².